The Balaban J connectivity index is 1.84. The highest BCUT2D eigenvalue weighted by molar-refractivity contribution is 6.30. The van der Waals surface area contributed by atoms with Crippen LogP contribution in [0, 0.1) is 26.2 Å². The lowest BCUT2D eigenvalue weighted by Crippen LogP contribution is -2.30. The van der Waals surface area contributed by atoms with E-state index in [1.165, 1.54) is 6.42 Å². The molecule has 0 radical (unpaired) electrons. The van der Waals surface area contributed by atoms with E-state index in [2.05, 4.69) is 19.9 Å². The van der Waals surface area contributed by atoms with Crippen molar-refractivity contribution in [2.45, 2.75) is 65.2 Å². The fourth-order valence-electron chi connectivity index (χ4n) is 5.62. The Bertz CT molecular complexity index is 950. The van der Waals surface area contributed by atoms with Crippen LogP contribution in [0.4, 0.5) is 0 Å². The van der Waals surface area contributed by atoms with Crippen LogP contribution in [-0.2, 0) is 9.59 Å². The lowest BCUT2D eigenvalue weighted by Gasteiger charge is -2.31. The SMILES string of the molecule is Cc1cc(C)c(C2C(=O)CC3(CCCCC3)C2=O)c(C)c1-c1ccc(Cl)cc1. The molecule has 0 amide bonds. The van der Waals surface area contributed by atoms with Crippen molar-refractivity contribution in [1.82, 2.24) is 0 Å². The molecule has 1 atom stereocenters. The number of ketones is 2. The average molecular weight is 395 g/mol. The van der Waals surface area contributed by atoms with Crippen molar-refractivity contribution in [2.24, 2.45) is 5.41 Å². The molecule has 3 heteroatoms. The van der Waals surface area contributed by atoms with Gasteiger partial charge in [0.2, 0.25) is 0 Å². The van der Waals surface area contributed by atoms with E-state index >= 15 is 0 Å². The summed E-state index contributed by atoms with van der Waals surface area (Å²) in [4.78, 5) is 26.6. The molecule has 2 nitrogen and oxygen atoms in total. The molecule has 2 aliphatic rings. The molecule has 0 N–H and O–H groups in total. The van der Waals surface area contributed by atoms with Gasteiger partial charge in [0, 0.05) is 16.9 Å². The van der Waals surface area contributed by atoms with Gasteiger partial charge in [0.15, 0.2) is 5.78 Å². The van der Waals surface area contributed by atoms with Crippen LogP contribution in [0.25, 0.3) is 11.1 Å². The zero-order valence-corrected chi connectivity index (χ0v) is 17.7. The van der Waals surface area contributed by atoms with Crippen molar-refractivity contribution >= 4 is 23.2 Å². The zero-order valence-electron chi connectivity index (χ0n) is 16.9. The minimum absolute atomic E-state index is 0.115. The number of benzene rings is 2. The van der Waals surface area contributed by atoms with Gasteiger partial charge in [0.1, 0.15) is 11.7 Å². The van der Waals surface area contributed by atoms with E-state index in [4.69, 9.17) is 11.6 Å². The van der Waals surface area contributed by atoms with Crippen molar-refractivity contribution < 1.29 is 9.59 Å². The molecule has 2 fully saturated rings. The first kappa shape index (κ1) is 19.4. The maximum atomic E-state index is 13.5. The highest BCUT2D eigenvalue weighted by Crippen LogP contribution is 2.51. The average Bonchev–Trinajstić information content (AvgIpc) is 2.88. The smallest absolute Gasteiger partial charge is 0.154 e. The van der Waals surface area contributed by atoms with Crippen molar-refractivity contribution in [3.05, 3.63) is 57.6 Å². The summed E-state index contributed by atoms with van der Waals surface area (Å²) >= 11 is 6.07. The Morgan fingerprint density at radius 2 is 1.57 bits per heavy atom. The molecule has 0 bridgehead atoms. The van der Waals surface area contributed by atoms with Crippen LogP contribution < -0.4 is 0 Å². The van der Waals surface area contributed by atoms with E-state index in [1.807, 2.05) is 31.2 Å². The van der Waals surface area contributed by atoms with Crippen molar-refractivity contribution in [1.29, 1.82) is 0 Å². The van der Waals surface area contributed by atoms with Crippen LogP contribution in [0.15, 0.2) is 30.3 Å². The Hall–Kier alpha value is -1.93. The predicted molar refractivity (Wildman–Crippen MR) is 114 cm³/mol. The summed E-state index contributed by atoms with van der Waals surface area (Å²) in [6, 6.07) is 9.92. The van der Waals surface area contributed by atoms with Crippen LogP contribution in [0.2, 0.25) is 5.02 Å². The lowest BCUT2D eigenvalue weighted by atomic mass is 9.71. The first-order chi connectivity index (χ1) is 13.3. The monoisotopic (exact) mass is 394 g/mol. The van der Waals surface area contributed by atoms with Gasteiger partial charge in [-0.1, -0.05) is 49.1 Å². The molecule has 28 heavy (non-hydrogen) atoms. The zero-order chi connectivity index (χ0) is 20.1. The second-order valence-electron chi connectivity index (χ2n) is 8.71. The van der Waals surface area contributed by atoms with Gasteiger partial charge in [-0.05, 0) is 79.1 Å². The Kier molecular flexibility index (Phi) is 4.95. The molecule has 146 valence electrons. The standard InChI is InChI=1S/C25H27ClO2/c1-15-13-16(2)22(17(3)21(15)18-7-9-19(26)10-8-18)23-20(27)14-25(24(23)28)11-5-4-6-12-25/h7-10,13,23H,4-6,11-12,14H2,1-3H3. The Morgan fingerprint density at radius 3 is 2.21 bits per heavy atom. The number of aryl methyl sites for hydroxylation is 2. The van der Waals surface area contributed by atoms with Crippen LogP contribution in [0.1, 0.15) is 66.7 Å². The molecule has 0 saturated heterocycles. The summed E-state index contributed by atoms with van der Waals surface area (Å²) in [6.45, 7) is 6.19. The van der Waals surface area contributed by atoms with Gasteiger partial charge in [0.25, 0.3) is 0 Å². The van der Waals surface area contributed by atoms with E-state index in [-0.39, 0.29) is 11.6 Å². The molecule has 1 unspecified atom stereocenters. The highest BCUT2D eigenvalue weighted by Gasteiger charge is 2.53. The van der Waals surface area contributed by atoms with Gasteiger partial charge in [-0.3, -0.25) is 9.59 Å². The van der Waals surface area contributed by atoms with Crippen LogP contribution in [0.5, 0.6) is 0 Å². The summed E-state index contributed by atoms with van der Waals surface area (Å²) in [7, 11) is 0. The third-order valence-electron chi connectivity index (χ3n) is 6.88. The van der Waals surface area contributed by atoms with Crippen molar-refractivity contribution in [2.75, 3.05) is 0 Å². The third-order valence-corrected chi connectivity index (χ3v) is 7.13. The second-order valence-corrected chi connectivity index (χ2v) is 9.15. The van der Waals surface area contributed by atoms with Gasteiger partial charge in [-0.25, -0.2) is 0 Å². The molecular formula is C25H27ClO2. The largest absolute Gasteiger partial charge is 0.298 e. The number of Topliss-reactive ketones (excluding diaryl/α,β-unsaturated/α-hetero) is 2. The molecule has 0 heterocycles. The van der Waals surface area contributed by atoms with Crippen LogP contribution >= 0.6 is 11.6 Å². The fraction of sp³-hybridized carbons (Fsp3) is 0.440. The predicted octanol–water partition coefficient (Wildman–Crippen LogP) is 6.51. The molecule has 1 spiro atoms. The van der Waals surface area contributed by atoms with E-state index in [0.717, 1.165) is 59.1 Å². The van der Waals surface area contributed by atoms with E-state index < -0.39 is 11.3 Å². The summed E-state index contributed by atoms with van der Waals surface area (Å²) in [5, 5.41) is 0.701. The topological polar surface area (TPSA) is 34.1 Å². The molecule has 0 aromatic heterocycles. The highest BCUT2D eigenvalue weighted by atomic mass is 35.5. The minimum atomic E-state index is -0.593. The van der Waals surface area contributed by atoms with Crippen LogP contribution in [-0.4, -0.2) is 11.6 Å². The quantitative estimate of drug-likeness (QED) is 0.544. The molecule has 2 aromatic carbocycles. The summed E-state index contributed by atoms with van der Waals surface area (Å²) in [5.74, 6) is -0.303. The van der Waals surface area contributed by atoms with E-state index in [1.54, 1.807) is 0 Å². The Labute approximate surface area is 172 Å². The number of hydrogen-bond acceptors (Lipinski definition) is 2. The van der Waals surface area contributed by atoms with E-state index in [9.17, 15) is 9.59 Å². The van der Waals surface area contributed by atoms with Crippen molar-refractivity contribution in [3.8, 4) is 11.1 Å². The second kappa shape index (κ2) is 7.15. The van der Waals surface area contributed by atoms with E-state index in [0.29, 0.717) is 11.4 Å². The first-order valence-corrected chi connectivity index (χ1v) is 10.7. The third kappa shape index (κ3) is 3.03. The number of hydrogen-bond donors (Lipinski definition) is 0. The first-order valence-electron chi connectivity index (χ1n) is 10.3. The van der Waals surface area contributed by atoms with Gasteiger partial charge < -0.3 is 0 Å². The van der Waals surface area contributed by atoms with Gasteiger partial charge in [-0.15, -0.1) is 0 Å². The van der Waals surface area contributed by atoms with Gasteiger partial charge in [-0.2, -0.15) is 0 Å². The maximum absolute atomic E-state index is 13.5. The number of rotatable bonds is 2. The number of carbonyl (C=O) groups excluding carboxylic acids is 2. The molecule has 2 aromatic rings. The molecule has 4 rings (SSSR count). The molecule has 2 saturated carbocycles. The minimum Gasteiger partial charge on any atom is -0.298 e. The summed E-state index contributed by atoms with van der Waals surface area (Å²) < 4.78 is 0. The normalized spacial score (nSPS) is 21.5. The number of halogens is 1. The van der Waals surface area contributed by atoms with Crippen molar-refractivity contribution in [3.63, 3.8) is 0 Å². The van der Waals surface area contributed by atoms with Gasteiger partial charge >= 0.3 is 0 Å². The molecular weight excluding hydrogens is 368 g/mol. The molecule has 0 aliphatic heterocycles. The molecule has 2 aliphatic carbocycles. The summed E-state index contributed by atoms with van der Waals surface area (Å²) in [6.07, 6.45) is 5.49. The van der Waals surface area contributed by atoms with Crippen LogP contribution in [0.3, 0.4) is 0 Å². The fourth-order valence-corrected chi connectivity index (χ4v) is 5.75. The summed E-state index contributed by atoms with van der Waals surface area (Å²) in [5.41, 5.74) is 5.99. The lowest BCUT2D eigenvalue weighted by molar-refractivity contribution is -0.129. The maximum Gasteiger partial charge on any atom is 0.154 e. The van der Waals surface area contributed by atoms with Gasteiger partial charge in [0.05, 0.1) is 0 Å². The Morgan fingerprint density at radius 1 is 0.929 bits per heavy atom. The number of carbonyl (C=O) groups is 2.